The summed E-state index contributed by atoms with van der Waals surface area (Å²) in [5.41, 5.74) is 2.74. The lowest BCUT2D eigenvalue weighted by atomic mass is 10.1. The molecule has 0 unspecified atom stereocenters. The minimum atomic E-state index is -1.83. The van der Waals surface area contributed by atoms with E-state index in [-0.39, 0.29) is 0 Å². The van der Waals surface area contributed by atoms with Crippen LogP contribution in [0.25, 0.3) is 0 Å². The maximum absolute atomic E-state index is 8.56. The number of hydrogen-bond acceptors (Lipinski definition) is 2. The van der Waals surface area contributed by atoms with Gasteiger partial charge in [-0.1, -0.05) is 23.3 Å². The van der Waals surface area contributed by atoms with Crippen LogP contribution in [0.5, 0.6) is 0 Å². The molecule has 0 heterocycles. The molecule has 0 atom stereocenters. The summed E-state index contributed by atoms with van der Waals surface area (Å²) in [6.07, 6.45) is 0.574. The highest BCUT2D eigenvalue weighted by Gasteiger charge is 1.84. The van der Waals surface area contributed by atoms with Crippen LogP contribution in [0.1, 0.15) is 27.7 Å². The zero-order chi connectivity index (χ0) is 13.7. The van der Waals surface area contributed by atoms with Crippen molar-refractivity contribution >= 4 is 12.3 Å². The zero-order valence-electron chi connectivity index (χ0n) is 9.76. The Balaban J connectivity index is -0.000000179. The van der Waals surface area contributed by atoms with Crippen molar-refractivity contribution in [3.8, 4) is 0 Å². The lowest BCUT2D eigenvalue weighted by Gasteiger charge is -1.95. The van der Waals surface area contributed by atoms with E-state index >= 15 is 0 Å². The fourth-order valence-electron chi connectivity index (χ4n) is 0.455. The van der Waals surface area contributed by atoms with E-state index in [2.05, 4.69) is 39.8 Å². The third-order valence-electron chi connectivity index (χ3n) is 1.49. The van der Waals surface area contributed by atoms with Crippen LogP contribution in [-0.4, -0.2) is 32.7 Å². The Labute approximate surface area is 94.2 Å². The molecule has 0 rings (SSSR count). The Kier molecular flexibility index (Phi) is 15.9. The van der Waals surface area contributed by atoms with Crippen LogP contribution in [0, 0.1) is 0 Å². The van der Waals surface area contributed by atoms with Gasteiger partial charge in [0.05, 0.1) is 0 Å². The van der Waals surface area contributed by atoms with Crippen molar-refractivity contribution in [3.63, 3.8) is 0 Å². The fourth-order valence-corrected chi connectivity index (χ4v) is 0.455. The molecule has 0 aliphatic heterocycles. The summed E-state index contributed by atoms with van der Waals surface area (Å²) in [4.78, 5) is 17.1. The summed E-state index contributed by atoms with van der Waals surface area (Å²) < 4.78 is 0. The zero-order valence-corrected chi connectivity index (χ0v) is 9.76. The van der Waals surface area contributed by atoms with Gasteiger partial charge in [0.15, 0.2) is 0 Å². The van der Waals surface area contributed by atoms with E-state index in [1.165, 1.54) is 11.1 Å². The molecular formula is C10H18O6. The van der Waals surface area contributed by atoms with Gasteiger partial charge in [-0.3, -0.25) is 0 Å². The summed E-state index contributed by atoms with van der Waals surface area (Å²) in [6.45, 7) is 8.36. The van der Waals surface area contributed by atoms with Crippen molar-refractivity contribution in [2.45, 2.75) is 27.7 Å². The van der Waals surface area contributed by atoms with Gasteiger partial charge in [0.25, 0.3) is 0 Å². The van der Waals surface area contributed by atoms with Crippen LogP contribution in [0.2, 0.25) is 0 Å². The van der Waals surface area contributed by atoms with Crippen molar-refractivity contribution in [2.75, 3.05) is 0 Å². The smallest absolute Gasteiger partial charge is 0.450 e. The van der Waals surface area contributed by atoms with Gasteiger partial charge in [0.1, 0.15) is 0 Å². The lowest BCUT2D eigenvalue weighted by Crippen LogP contribution is -1.81. The number of allylic oxidation sites excluding steroid dienone is 4. The molecule has 6 nitrogen and oxygen atoms in total. The third-order valence-corrected chi connectivity index (χ3v) is 1.49. The molecule has 0 fully saturated rings. The summed E-state index contributed by atoms with van der Waals surface area (Å²) in [5.74, 6) is 0. The second kappa shape index (κ2) is 13.0. The highest BCUT2D eigenvalue weighted by Crippen LogP contribution is 2.05. The molecule has 0 saturated heterocycles. The van der Waals surface area contributed by atoms with Gasteiger partial charge < -0.3 is 20.4 Å². The van der Waals surface area contributed by atoms with E-state index in [0.29, 0.717) is 0 Å². The first kappa shape index (κ1) is 19.6. The molecule has 6 heteroatoms. The van der Waals surface area contributed by atoms with Crippen LogP contribution in [0.3, 0.4) is 0 Å². The first-order valence-electron chi connectivity index (χ1n) is 4.28. The normalized spacial score (nSPS) is 10.2. The monoisotopic (exact) mass is 234 g/mol. The average Bonchev–Trinajstić information content (AvgIpc) is 2.13. The third kappa shape index (κ3) is 40.3. The minimum absolute atomic E-state index is 1.37. The van der Waals surface area contributed by atoms with Crippen LogP contribution in [0.4, 0.5) is 9.59 Å². The predicted octanol–water partition coefficient (Wildman–Crippen LogP) is 3.36. The molecule has 94 valence electrons. The molecule has 0 radical (unpaired) electrons. The molecule has 0 aliphatic rings. The number of carboxylic acid groups (broad SMARTS) is 4. The average molecular weight is 234 g/mol. The van der Waals surface area contributed by atoms with E-state index in [0.717, 1.165) is 0 Å². The molecule has 0 bridgehead atoms. The summed E-state index contributed by atoms with van der Waals surface area (Å²) in [7, 11) is 0. The Bertz CT molecular complexity index is 228. The largest absolute Gasteiger partial charge is 0.503 e. The van der Waals surface area contributed by atoms with Crippen molar-refractivity contribution in [2.24, 2.45) is 0 Å². The highest BCUT2D eigenvalue weighted by molar-refractivity contribution is 5.53. The fraction of sp³-hybridized carbons (Fsp3) is 0.400. The molecule has 16 heavy (non-hydrogen) atoms. The maximum Gasteiger partial charge on any atom is 0.503 e. The number of hydrogen-bond donors (Lipinski definition) is 4. The second-order valence-electron chi connectivity index (χ2n) is 2.51. The SMILES string of the molecule is CC=C(C)C(C)=CC.O=C(O)O.O=C(O)O. The molecule has 0 amide bonds. The summed E-state index contributed by atoms with van der Waals surface area (Å²) >= 11 is 0. The second-order valence-corrected chi connectivity index (χ2v) is 2.51. The van der Waals surface area contributed by atoms with Crippen LogP contribution < -0.4 is 0 Å². The molecular weight excluding hydrogens is 216 g/mol. The highest BCUT2D eigenvalue weighted by atomic mass is 16.6. The van der Waals surface area contributed by atoms with Gasteiger partial charge >= 0.3 is 12.3 Å². The van der Waals surface area contributed by atoms with Crippen LogP contribution in [0.15, 0.2) is 23.3 Å². The van der Waals surface area contributed by atoms with E-state index in [1.807, 2.05) is 0 Å². The van der Waals surface area contributed by atoms with Crippen molar-refractivity contribution in [3.05, 3.63) is 23.3 Å². The summed E-state index contributed by atoms with van der Waals surface area (Å²) in [6, 6.07) is 0. The van der Waals surface area contributed by atoms with Crippen LogP contribution >= 0.6 is 0 Å². The van der Waals surface area contributed by atoms with E-state index in [9.17, 15) is 0 Å². The van der Waals surface area contributed by atoms with Gasteiger partial charge in [-0.2, -0.15) is 0 Å². The van der Waals surface area contributed by atoms with E-state index in [4.69, 9.17) is 30.0 Å². The predicted molar refractivity (Wildman–Crippen MR) is 60.2 cm³/mol. The Morgan fingerprint density at radius 1 is 0.750 bits per heavy atom. The molecule has 4 N–H and O–H groups in total. The standard InChI is InChI=1S/C8H14.2CH2O3/c1-5-7(3)8(4)6-2;2*2-1(3)4/h5-6H,1-4H3;2*(H2,2,3,4). The van der Waals surface area contributed by atoms with Crippen molar-refractivity contribution in [1.29, 1.82) is 0 Å². The topological polar surface area (TPSA) is 115 Å². The van der Waals surface area contributed by atoms with Crippen LogP contribution in [-0.2, 0) is 0 Å². The Morgan fingerprint density at radius 2 is 0.875 bits per heavy atom. The van der Waals surface area contributed by atoms with Gasteiger partial charge in [-0.25, -0.2) is 9.59 Å². The van der Waals surface area contributed by atoms with Gasteiger partial charge in [0, 0.05) is 0 Å². The number of carbonyl (C=O) groups is 2. The molecule has 0 aliphatic carbocycles. The first-order valence-corrected chi connectivity index (χ1v) is 4.28. The molecule has 0 aromatic rings. The molecule has 0 saturated carbocycles. The van der Waals surface area contributed by atoms with Gasteiger partial charge in [-0.05, 0) is 27.7 Å². The quantitative estimate of drug-likeness (QED) is 0.517. The minimum Gasteiger partial charge on any atom is -0.450 e. The summed E-state index contributed by atoms with van der Waals surface area (Å²) in [5, 5.41) is 27.9. The van der Waals surface area contributed by atoms with Gasteiger partial charge in [-0.15, -0.1) is 0 Å². The Morgan fingerprint density at radius 3 is 0.938 bits per heavy atom. The van der Waals surface area contributed by atoms with E-state index < -0.39 is 12.3 Å². The molecule has 0 spiro atoms. The molecule has 0 aromatic carbocycles. The maximum atomic E-state index is 8.56. The van der Waals surface area contributed by atoms with Gasteiger partial charge in [0.2, 0.25) is 0 Å². The Hall–Kier alpha value is -1.98. The lowest BCUT2D eigenvalue weighted by molar-refractivity contribution is 0.135. The van der Waals surface area contributed by atoms with E-state index in [1.54, 1.807) is 0 Å². The van der Waals surface area contributed by atoms with Crippen molar-refractivity contribution in [1.82, 2.24) is 0 Å². The first-order chi connectivity index (χ1) is 7.18. The molecule has 0 aromatic heterocycles. The number of rotatable bonds is 1. The van der Waals surface area contributed by atoms with Crippen molar-refractivity contribution < 1.29 is 30.0 Å².